The van der Waals surface area contributed by atoms with Crippen molar-refractivity contribution in [2.75, 3.05) is 12.3 Å². The molecule has 0 aromatic heterocycles. The van der Waals surface area contributed by atoms with Crippen LogP contribution in [0.3, 0.4) is 0 Å². The zero-order valence-electron chi connectivity index (χ0n) is 12.7. The van der Waals surface area contributed by atoms with E-state index >= 15 is 0 Å². The molecule has 0 saturated carbocycles. The minimum atomic E-state index is -1.16. The van der Waals surface area contributed by atoms with Crippen LogP contribution in [0.15, 0.2) is 29.5 Å². The van der Waals surface area contributed by atoms with E-state index in [4.69, 9.17) is 16.6 Å². The highest BCUT2D eigenvalue weighted by Crippen LogP contribution is 2.22. The minimum absolute atomic E-state index is 0.000783. The Morgan fingerprint density at radius 2 is 2.12 bits per heavy atom. The maximum absolute atomic E-state index is 12.2. The third-order valence-corrected chi connectivity index (χ3v) is 3.81. The number of aliphatic carboxylic acids is 1. The van der Waals surface area contributed by atoms with Crippen molar-refractivity contribution in [1.29, 1.82) is 0 Å². The highest BCUT2D eigenvalue weighted by Gasteiger charge is 2.37. The van der Waals surface area contributed by atoms with Crippen LogP contribution in [0.5, 0.6) is 0 Å². The number of nitrogens with two attached hydrogens (primary N) is 2. The number of hydrogen-bond donors (Lipinski definition) is 4. The molecule has 0 spiro atoms. The number of anilines is 1. The zero-order chi connectivity index (χ0) is 17.9. The van der Waals surface area contributed by atoms with Gasteiger partial charge in [-0.25, -0.2) is 4.79 Å². The molecule has 9 heteroatoms. The number of carboxylic acids is 1. The van der Waals surface area contributed by atoms with Crippen LogP contribution in [0.4, 0.5) is 5.69 Å². The topological polar surface area (TPSA) is 159 Å². The summed E-state index contributed by atoms with van der Waals surface area (Å²) in [4.78, 5) is 34.9. The number of aliphatic hydroxyl groups is 1. The highest BCUT2D eigenvalue weighted by atomic mass is 16.4. The van der Waals surface area contributed by atoms with E-state index in [0.29, 0.717) is 16.8 Å². The van der Waals surface area contributed by atoms with Gasteiger partial charge in [0.15, 0.2) is 6.17 Å². The van der Waals surface area contributed by atoms with Crippen molar-refractivity contribution in [3.05, 3.63) is 40.3 Å². The van der Waals surface area contributed by atoms with Gasteiger partial charge in [0.1, 0.15) is 6.04 Å². The average Bonchev–Trinajstić information content (AvgIpc) is 2.95. The van der Waals surface area contributed by atoms with Crippen molar-refractivity contribution in [2.45, 2.75) is 24.7 Å². The molecule has 1 saturated heterocycles. The molecule has 24 heavy (non-hydrogen) atoms. The van der Waals surface area contributed by atoms with Crippen molar-refractivity contribution >= 4 is 23.6 Å². The number of nitroso groups, excluding NO2 is 1. The Balaban J connectivity index is 2.17. The van der Waals surface area contributed by atoms with Crippen LogP contribution < -0.4 is 11.5 Å². The summed E-state index contributed by atoms with van der Waals surface area (Å²) < 4.78 is 0. The molecule has 6 N–H and O–H groups in total. The molecule has 1 aromatic carbocycles. The fourth-order valence-corrected chi connectivity index (χ4v) is 2.56. The fourth-order valence-electron chi connectivity index (χ4n) is 2.56. The summed E-state index contributed by atoms with van der Waals surface area (Å²) in [6.45, 7) is -0.0347. The number of benzene rings is 1. The van der Waals surface area contributed by atoms with E-state index in [-0.39, 0.29) is 13.0 Å². The molecule has 9 nitrogen and oxygen atoms in total. The molecule has 128 valence electrons. The SMILES string of the molecule is Nc1ccc(/C=C/C(=O)N2CC(O)CC2C(=O)O)cc1C(N)N=O. The van der Waals surface area contributed by atoms with E-state index < -0.39 is 30.2 Å². The van der Waals surface area contributed by atoms with Gasteiger partial charge < -0.3 is 26.6 Å². The number of aliphatic hydroxyl groups excluding tert-OH is 1. The Bertz CT molecular complexity index is 690. The lowest BCUT2D eigenvalue weighted by molar-refractivity contribution is -0.146. The van der Waals surface area contributed by atoms with E-state index in [2.05, 4.69) is 5.18 Å². The number of rotatable bonds is 5. The molecule has 1 aliphatic rings. The maximum atomic E-state index is 12.2. The lowest BCUT2D eigenvalue weighted by atomic mass is 10.1. The number of carbonyl (C=O) groups excluding carboxylic acids is 1. The van der Waals surface area contributed by atoms with Gasteiger partial charge in [-0.2, -0.15) is 0 Å². The van der Waals surface area contributed by atoms with Crippen LogP contribution in [0.25, 0.3) is 6.08 Å². The first kappa shape index (κ1) is 17.6. The summed E-state index contributed by atoms with van der Waals surface area (Å²) in [5, 5.41) is 21.4. The van der Waals surface area contributed by atoms with Crippen LogP contribution >= 0.6 is 0 Å². The van der Waals surface area contributed by atoms with Gasteiger partial charge in [0.25, 0.3) is 0 Å². The molecule has 1 aromatic rings. The predicted octanol–water partition coefficient (Wildman–Crippen LogP) is 0.0521. The van der Waals surface area contributed by atoms with Gasteiger partial charge in [0.05, 0.1) is 6.10 Å². The molecule has 0 radical (unpaired) electrons. The van der Waals surface area contributed by atoms with Crippen molar-refractivity contribution in [1.82, 2.24) is 4.90 Å². The summed E-state index contributed by atoms with van der Waals surface area (Å²) in [7, 11) is 0. The second kappa shape index (κ2) is 7.20. The molecule has 2 rings (SSSR count). The second-order valence-electron chi connectivity index (χ2n) is 5.51. The smallest absolute Gasteiger partial charge is 0.326 e. The molecule has 0 aliphatic carbocycles. The van der Waals surface area contributed by atoms with Crippen LogP contribution in [0, 0.1) is 4.91 Å². The number of carboxylic acid groups (broad SMARTS) is 1. The lowest BCUT2D eigenvalue weighted by Gasteiger charge is -2.19. The predicted molar refractivity (Wildman–Crippen MR) is 86.4 cm³/mol. The van der Waals surface area contributed by atoms with Gasteiger partial charge in [-0.1, -0.05) is 6.07 Å². The number of hydrogen-bond acceptors (Lipinski definition) is 7. The van der Waals surface area contributed by atoms with Crippen LogP contribution in [-0.2, 0) is 9.59 Å². The molecule has 3 unspecified atom stereocenters. The Morgan fingerprint density at radius 3 is 2.75 bits per heavy atom. The molecule has 1 aliphatic heterocycles. The first-order valence-electron chi connectivity index (χ1n) is 7.20. The Labute approximate surface area is 137 Å². The molecule has 1 fully saturated rings. The van der Waals surface area contributed by atoms with Gasteiger partial charge >= 0.3 is 5.97 Å². The highest BCUT2D eigenvalue weighted by molar-refractivity contribution is 5.95. The third-order valence-electron chi connectivity index (χ3n) is 3.81. The van der Waals surface area contributed by atoms with Gasteiger partial charge in [-0.3, -0.25) is 4.79 Å². The van der Waals surface area contributed by atoms with E-state index in [1.54, 1.807) is 6.07 Å². The molecule has 0 bridgehead atoms. The van der Waals surface area contributed by atoms with Gasteiger partial charge in [0.2, 0.25) is 5.91 Å². The summed E-state index contributed by atoms with van der Waals surface area (Å²) in [5.41, 5.74) is 12.4. The first-order valence-corrected chi connectivity index (χ1v) is 7.20. The van der Waals surface area contributed by atoms with E-state index in [0.717, 1.165) is 4.90 Å². The average molecular weight is 334 g/mol. The molecular formula is C15H18N4O5. The normalized spacial score (nSPS) is 21.8. The zero-order valence-corrected chi connectivity index (χ0v) is 12.7. The van der Waals surface area contributed by atoms with E-state index in [1.807, 2.05) is 0 Å². The maximum Gasteiger partial charge on any atom is 0.326 e. The number of nitrogen functional groups attached to an aromatic ring is 1. The Hall–Kier alpha value is -2.78. The van der Waals surface area contributed by atoms with Gasteiger partial charge in [0, 0.05) is 30.3 Å². The Morgan fingerprint density at radius 1 is 1.42 bits per heavy atom. The molecule has 1 heterocycles. The van der Waals surface area contributed by atoms with Crippen molar-refractivity contribution in [3.8, 4) is 0 Å². The number of amides is 1. The van der Waals surface area contributed by atoms with Gasteiger partial charge in [-0.15, -0.1) is 4.91 Å². The number of likely N-dealkylation sites (tertiary alicyclic amines) is 1. The van der Waals surface area contributed by atoms with Crippen LogP contribution in [0.2, 0.25) is 0 Å². The molecule has 3 atom stereocenters. The molecule has 1 amide bonds. The lowest BCUT2D eigenvalue weighted by Crippen LogP contribution is -2.39. The first-order chi connectivity index (χ1) is 11.3. The largest absolute Gasteiger partial charge is 0.480 e. The van der Waals surface area contributed by atoms with E-state index in [9.17, 15) is 19.6 Å². The van der Waals surface area contributed by atoms with Crippen LogP contribution in [0.1, 0.15) is 23.7 Å². The van der Waals surface area contributed by atoms with Gasteiger partial charge in [-0.05, 0) is 28.9 Å². The molecular weight excluding hydrogens is 316 g/mol. The van der Waals surface area contributed by atoms with Crippen molar-refractivity contribution in [2.24, 2.45) is 10.9 Å². The number of carbonyl (C=O) groups is 2. The third kappa shape index (κ3) is 3.76. The number of β-amino-alcohol motifs (C(OH)–C–C–N with tert-alkyl or cyclic N) is 1. The minimum Gasteiger partial charge on any atom is -0.480 e. The summed E-state index contributed by atoms with van der Waals surface area (Å²) >= 11 is 0. The number of nitrogens with zero attached hydrogens (tertiary/aromatic N) is 2. The second-order valence-corrected chi connectivity index (χ2v) is 5.51. The summed E-state index contributed by atoms with van der Waals surface area (Å²) in [6.07, 6.45) is 0.679. The summed E-state index contributed by atoms with van der Waals surface area (Å²) in [5.74, 6) is -1.69. The fraction of sp³-hybridized carbons (Fsp3) is 0.333. The van der Waals surface area contributed by atoms with E-state index in [1.165, 1.54) is 24.3 Å². The monoisotopic (exact) mass is 334 g/mol. The van der Waals surface area contributed by atoms with Crippen LogP contribution in [-0.4, -0.2) is 45.7 Å². The summed E-state index contributed by atoms with van der Waals surface area (Å²) in [6, 6.07) is 3.63. The standard InChI is InChI=1S/C15H18N4O5/c16-11-3-1-8(5-10(11)14(17)18-24)2-4-13(21)19-7-9(20)6-12(19)15(22)23/h1-5,9,12,14,20H,6-7,16-17H2,(H,22,23)/b4-2+. The van der Waals surface area contributed by atoms with Crippen molar-refractivity contribution in [3.63, 3.8) is 0 Å². The van der Waals surface area contributed by atoms with Crippen molar-refractivity contribution < 1.29 is 19.8 Å². The Kier molecular flexibility index (Phi) is 5.27. The quantitative estimate of drug-likeness (QED) is 0.336.